The summed E-state index contributed by atoms with van der Waals surface area (Å²) < 4.78 is 10.2. The highest BCUT2D eigenvalue weighted by Crippen LogP contribution is 2.34. The van der Waals surface area contributed by atoms with Crippen molar-refractivity contribution in [2.24, 2.45) is 0 Å². The standard InChI is InChI=1S/C16H14O4/c1-12-4-2-3-5-14(12)15-7-6-13(19-9-8-17)10-16(15)20-11-18/h2-8,10-11H,9H2,1H3. The van der Waals surface area contributed by atoms with Crippen molar-refractivity contribution in [1.82, 2.24) is 0 Å². The van der Waals surface area contributed by atoms with Gasteiger partial charge in [-0.05, 0) is 30.2 Å². The molecule has 0 aromatic heterocycles. The quantitative estimate of drug-likeness (QED) is 0.757. The summed E-state index contributed by atoms with van der Waals surface area (Å²) in [5, 5.41) is 0. The topological polar surface area (TPSA) is 52.6 Å². The Hall–Kier alpha value is -2.62. The lowest BCUT2D eigenvalue weighted by Crippen LogP contribution is -1.99. The van der Waals surface area contributed by atoms with Crippen LogP contribution in [0.25, 0.3) is 11.1 Å². The molecular formula is C16H14O4. The Balaban J connectivity index is 2.44. The van der Waals surface area contributed by atoms with Gasteiger partial charge < -0.3 is 9.47 Å². The van der Waals surface area contributed by atoms with Crippen molar-refractivity contribution >= 4 is 12.8 Å². The van der Waals surface area contributed by atoms with E-state index >= 15 is 0 Å². The number of carbonyl (C=O) groups excluding carboxylic acids is 2. The van der Waals surface area contributed by atoms with Gasteiger partial charge in [-0.3, -0.25) is 9.59 Å². The minimum atomic E-state index is -0.0375. The molecule has 0 spiro atoms. The van der Waals surface area contributed by atoms with Crippen LogP contribution in [0.15, 0.2) is 42.5 Å². The molecular weight excluding hydrogens is 256 g/mol. The summed E-state index contributed by atoms with van der Waals surface area (Å²) in [6, 6.07) is 12.9. The van der Waals surface area contributed by atoms with Crippen LogP contribution in [0.1, 0.15) is 5.56 Å². The van der Waals surface area contributed by atoms with Gasteiger partial charge in [-0.15, -0.1) is 0 Å². The number of carbonyl (C=O) groups is 2. The van der Waals surface area contributed by atoms with Crippen LogP contribution in [0.2, 0.25) is 0 Å². The van der Waals surface area contributed by atoms with Crippen molar-refractivity contribution in [2.45, 2.75) is 6.92 Å². The van der Waals surface area contributed by atoms with Crippen LogP contribution in [0.4, 0.5) is 0 Å². The summed E-state index contributed by atoms with van der Waals surface area (Å²) in [6.45, 7) is 2.32. The van der Waals surface area contributed by atoms with Crippen molar-refractivity contribution in [3.05, 3.63) is 48.0 Å². The zero-order valence-corrected chi connectivity index (χ0v) is 11.0. The van der Waals surface area contributed by atoms with Crippen LogP contribution in [0.5, 0.6) is 11.5 Å². The number of hydrogen-bond donors (Lipinski definition) is 0. The zero-order chi connectivity index (χ0) is 14.4. The van der Waals surface area contributed by atoms with E-state index in [9.17, 15) is 9.59 Å². The van der Waals surface area contributed by atoms with Gasteiger partial charge in [-0.1, -0.05) is 24.3 Å². The molecule has 0 fully saturated rings. The van der Waals surface area contributed by atoms with E-state index in [0.717, 1.165) is 16.7 Å². The largest absolute Gasteiger partial charge is 0.486 e. The Morgan fingerprint density at radius 1 is 1.05 bits per heavy atom. The Kier molecular flexibility index (Phi) is 4.50. The van der Waals surface area contributed by atoms with E-state index in [1.807, 2.05) is 31.2 Å². The minimum Gasteiger partial charge on any atom is -0.486 e. The fourth-order valence-electron chi connectivity index (χ4n) is 1.97. The van der Waals surface area contributed by atoms with Crippen molar-refractivity contribution in [1.29, 1.82) is 0 Å². The molecule has 0 amide bonds. The number of rotatable bonds is 6. The van der Waals surface area contributed by atoms with Crippen LogP contribution in [-0.4, -0.2) is 19.4 Å². The molecule has 0 aliphatic heterocycles. The summed E-state index contributed by atoms with van der Waals surface area (Å²) in [7, 11) is 0. The Bertz CT molecular complexity index is 620. The van der Waals surface area contributed by atoms with Gasteiger partial charge in [-0.25, -0.2) is 0 Å². The average Bonchev–Trinajstić information content (AvgIpc) is 2.47. The zero-order valence-electron chi connectivity index (χ0n) is 11.0. The second-order valence-corrected chi connectivity index (χ2v) is 4.16. The Morgan fingerprint density at radius 3 is 2.55 bits per heavy atom. The maximum absolute atomic E-state index is 10.6. The molecule has 0 saturated heterocycles. The fourth-order valence-corrected chi connectivity index (χ4v) is 1.97. The lowest BCUT2D eigenvalue weighted by atomic mass is 10.00. The van der Waals surface area contributed by atoms with Crippen molar-refractivity contribution in [3.63, 3.8) is 0 Å². The third-order valence-corrected chi connectivity index (χ3v) is 2.88. The van der Waals surface area contributed by atoms with Crippen LogP contribution in [-0.2, 0) is 9.59 Å². The molecule has 0 aliphatic carbocycles. The lowest BCUT2D eigenvalue weighted by molar-refractivity contribution is -0.120. The summed E-state index contributed by atoms with van der Waals surface area (Å²) in [4.78, 5) is 21.0. The number of ether oxygens (including phenoxy) is 2. The van der Waals surface area contributed by atoms with Gasteiger partial charge in [0, 0.05) is 11.6 Å². The number of benzene rings is 2. The molecule has 2 aromatic carbocycles. The summed E-state index contributed by atoms with van der Waals surface area (Å²) in [5.74, 6) is 0.879. The monoisotopic (exact) mass is 270 g/mol. The SMILES string of the molecule is Cc1ccccc1-c1ccc(OCC=O)cc1OC=O. The molecule has 0 unspecified atom stereocenters. The van der Waals surface area contributed by atoms with Crippen molar-refractivity contribution in [3.8, 4) is 22.6 Å². The molecule has 0 heterocycles. The van der Waals surface area contributed by atoms with Crippen molar-refractivity contribution in [2.75, 3.05) is 6.61 Å². The van der Waals surface area contributed by atoms with Crippen LogP contribution < -0.4 is 9.47 Å². The highest BCUT2D eigenvalue weighted by molar-refractivity contribution is 5.75. The number of aldehydes is 1. The van der Waals surface area contributed by atoms with Crippen LogP contribution in [0.3, 0.4) is 0 Å². The van der Waals surface area contributed by atoms with Crippen molar-refractivity contribution < 1.29 is 19.1 Å². The predicted octanol–water partition coefficient (Wildman–Crippen LogP) is 2.77. The Labute approximate surface area is 116 Å². The molecule has 0 bridgehead atoms. The number of hydrogen-bond acceptors (Lipinski definition) is 4. The number of aryl methyl sites for hydroxylation is 1. The van der Waals surface area contributed by atoms with Crippen LogP contribution >= 0.6 is 0 Å². The first-order valence-corrected chi connectivity index (χ1v) is 6.13. The Morgan fingerprint density at radius 2 is 1.85 bits per heavy atom. The van der Waals surface area contributed by atoms with Gasteiger partial charge in [0.2, 0.25) is 0 Å². The molecule has 4 heteroatoms. The fraction of sp³-hybridized carbons (Fsp3) is 0.125. The molecule has 0 aliphatic rings. The molecule has 0 N–H and O–H groups in total. The van der Waals surface area contributed by atoms with Crippen LogP contribution in [0, 0.1) is 6.92 Å². The molecule has 2 aromatic rings. The normalized spacial score (nSPS) is 9.85. The maximum atomic E-state index is 10.6. The molecule has 0 saturated carbocycles. The second-order valence-electron chi connectivity index (χ2n) is 4.16. The maximum Gasteiger partial charge on any atom is 0.298 e. The first-order chi connectivity index (χ1) is 9.76. The van der Waals surface area contributed by atoms with E-state index in [1.165, 1.54) is 0 Å². The van der Waals surface area contributed by atoms with E-state index in [4.69, 9.17) is 9.47 Å². The van der Waals surface area contributed by atoms with Gasteiger partial charge in [0.25, 0.3) is 6.47 Å². The molecule has 4 nitrogen and oxygen atoms in total. The summed E-state index contributed by atoms with van der Waals surface area (Å²) in [5.41, 5.74) is 2.85. The first-order valence-electron chi connectivity index (χ1n) is 6.13. The summed E-state index contributed by atoms with van der Waals surface area (Å²) in [6.07, 6.45) is 0.662. The molecule has 2 rings (SSSR count). The third kappa shape index (κ3) is 3.03. The van der Waals surface area contributed by atoms with E-state index in [2.05, 4.69) is 0 Å². The van der Waals surface area contributed by atoms with E-state index < -0.39 is 0 Å². The van der Waals surface area contributed by atoms with Gasteiger partial charge >= 0.3 is 0 Å². The highest BCUT2D eigenvalue weighted by atomic mass is 16.5. The van der Waals surface area contributed by atoms with Gasteiger partial charge in [0.05, 0.1) is 0 Å². The molecule has 0 radical (unpaired) electrons. The van der Waals surface area contributed by atoms with E-state index in [1.54, 1.807) is 18.2 Å². The third-order valence-electron chi connectivity index (χ3n) is 2.88. The average molecular weight is 270 g/mol. The molecule has 0 atom stereocenters. The second kappa shape index (κ2) is 6.52. The van der Waals surface area contributed by atoms with E-state index in [-0.39, 0.29) is 6.61 Å². The van der Waals surface area contributed by atoms with Gasteiger partial charge in [0.1, 0.15) is 18.1 Å². The summed E-state index contributed by atoms with van der Waals surface area (Å²) >= 11 is 0. The predicted molar refractivity (Wildman–Crippen MR) is 74.9 cm³/mol. The van der Waals surface area contributed by atoms with Gasteiger partial charge in [-0.2, -0.15) is 0 Å². The molecule has 102 valence electrons. The smallest absolute Gasteiger partial charge is 0.298 e. The molecule has 20 heavy (non-hydrogen) atoms. The van der Waals surface area contributed by atoms with Gasteiger partial charge in [0.15, 0.2) is 6.29 Å². The lowest BCUT2D eigenvalue weighted by Gasteiger charge is -2.12. The first kappa shape index (κ1) is 13.8. The van der Waals surface area contributed by atoms with E-state index in [0.29, 0.717) is 24.3 Å². The highest BCUT2D eigenvalue weighted by Gasteiger charge is 2.10. The minimum absolute atomic E-state index is 0.0375.